The van der Waals surface area contributed by atoms with Gasteiger partial charge in [0.05, 0.1) is 25.7 Å². The molecule has 1 saturated heterocycles. The first-order valence-corrected chi connectivity index (χ1v) is 9.87. The van der Waals surface area contributed by atoms with Crippen molar-refractivity contribution < 1.29 is 28.7 Å². The number of methoxy groups -OCH3 is 1. The van der Waals surface area contributed by atoms with E-state index in [4.69, 9.17) is 17.0 Å². The summed E-state index contributed by atoms with van der Waals surface area (Å²) in [5.74, 6) is -1.70. The van der Waals surface area contributed by atoms with Crippen molar-refractivity contribution in [3.05, 3.63) is 35.4 Å². The van der Waals surface area contributed by atoms with Crippen LogP contribution in [0.4, 0.5) is 0 Å². The van der Waals surface area contributed by atoms with E-state index in [-0.39, 0.29) is 35.5 Å². The van der Waals surface area contributed by atoms with Crippen LogP contribution >= 0.6 is 12.2 Å². The maximum Gasteiger partial charge on any atom is 0.337 e. The fourth-order valence-electron chi connectivity index (χ4n) is 2.75. The number of benzene rings is 1. The van der Waals surface area contributed by atoms with Crippen molar-refractivity contribution in [3.8, 4) is 0 Å². The average molecular weight is 436 g/mol. The molecule has 2 N–H and O–H groups in total. The Balaban J connectivity index is 2.03. The van der Waals surface area contributed by atoms with E-state index in [1.54, 1.807) is 0 Å². The molecule has 9 nitrogen and oxygen atoms in total. The second kappa shape index (κ2) is 10.7. The smallest absolute Gasteiger partial charge is 0.337 e. The van der Waals surface area contributed by atoms with Crippen molar-refractivity contribution in [2.24, 2.45) is 5.92 Å². The number of carbonyl (C=O) groups is 4. The van der Waals surface area contributed by atoms with Gasteiger partial charge in [0, 0.05) is 18.7 Å². The Morgan fingerprint density at radius 1 is 1.23 bits per heavy atom. The number of piperazine rings is 1. The number of thiocarbonyl (C=S) groups is 1. The highest BCUT2D eigenvalue weighted by Crippen LogP contribution is 2.12. The van der Waals surface area contributed by atoms with E-state index in [1.807, 2.05) is 13.8 Å². The molecule has 0 spiro atoms. The minimum absolute atomic E-state index is 0.0357. The molecule has 1 aliphatic rings. The van der Waals surface area contributed by atoms with E-state index < -0.39 is 23.9 Å². The van der Waals surface area contributed by atoms with Crippen LogP contribution in [0, 0.1) is 5.92 Å². The Hall–Kier alpha value is -3.01. The van der Waals surface area contributed by atoms with Crippen LogP contribution < -0.4 is 10.6 Å². The molecule has 10 heteroatoms. The Bertz CT molecular complexity index is 824. The maximum atomic E-state index is 12.5. The molecule has 1 fully saturated rings. The van der Waals surface area contributed by atoms with Gasteiger partial charge in [-0.3, -0.25) is 19.7 Å². The van der Waals surface area contributed by atoms with Crippen molar-refractivity contribution in [2.75, 3.05) is 26.8 Å². The van der Waals surface area contributed by atoms with Crippen LogP contribution in [0.25, 0.3) is 0 Å². The molecule has 0 aromatic heterocycles. The third kappa shape index (κ3) is 6.24. The standard InChI is InChI=1S/C20H25N3O6S/c1-12(2)11-29-16(24)10-15-18(26)21-8-9-23(15)20(30)22-17(25)13-4-6-14(7-5-13)19(27)28-3/h4-7,12,15H,8-11H2,1-3H3,(H,21,26)(H,22,25,30). The summed E-state index contributed by atoms with van der Waals surface area (Å²) >= 11 is 5.31. The minimum atomic E-state index is -0.868. The molecule has 1 atom stereocenters. The monoisotopic (exact) mass is 435 g/mol. The van der Waals surface area contributed by atoms with Gasteiger partial charge in [-0.05, 0) is 42.4 Å². The first-order valence-electron chi connectivity index (χ1n) is 9.46. The maximum absolute atomic E-state index is 12.5. The van der Waals surface area contributed by atoms with Crippen molar-refractivity contribution in [1.82, 2.24) is 15.5 Å². The van der Waals surface area contributed by atoms with E-state index in [2.05, 4.69) is 15.4 Å². The van der Waals surface area contributed by atoms with Crippen LogP contribution in [0.2, 0.25) is 0 Å². The third-order valence-corrected chi connectivity index (χ3v) is 4.65. The van der Waals surface area contributed by atoms with E-state index in [1.165, 1.54) is 36.3 Å². The Morgan fingerprint density at radius 3 is 2.47 bits per heavy atom. The molecule has 1 aromatic carbocycles. The summed E-state index contributed by atoms with van der Waals surface area (Å²) in [6.45, 7) is 4.76. The summed E-state index contributed by atoms with van der Waals surface area (Å²) in [6, 6.07) is 4.99. The first kappa shape index (κ1) is 23.3. The molecule has 1 unspecified atom stereocenters. The summed E-state index contributed by atoms with van der Waals surface area (Å²) in [6.07, 6.45) is -0.178. The number of nitrogens with one attached hydrogen (secondary N) is 2. The van der Waals surface area contributed by atoms with Gasteiger partial charge in [-0.25, -0.2) is 4.79 Å². The Morgan fingerprint density at radius 2 is 1.87 bits per heavy atom. The van der Waals surface area contributed by atoms with Crippen LogP contribution in [-0.2, 0) is 19.1 Å². The molecule has 1 aliphatic heterocycles. The summed E-state index contributed by atoms with van der Waals surface area (Å²) < 4.78 is 9.78. The molecule has 30 heavy (non-hydrogen) atoms. The van der Waals surface area contributed by atoms with Crippen LogP contribution in [0.1, 0.15) is 41.0 Å². The lowest BCUT2D eigenvalue weighted by Gasteiger charge is -2.36. The lowest BCUT2D eigenvalue weighted by molar-refractivity contribution is -0.148. The highest BCUT2D eigenvalue weighted by molar-refractivity contribution is 7.80. The van der Waals surface area contributed by atoms with Gasteiger partial charge in [-0.1, -0.05) is 13.8 Å². The Labute approximate surface area is 180 Å². The summed E-state index contributed by atoms with van der Waals surface area (Å²) in [5, 5.41) is 5.30. The topological polar surface area (TPSA) is 114 Å². The molecule has 2 rings (SSSR count). The fourth-order valence-corrected chi connectivity index (χ4v) is 3.06. The zero-order valence-corrected chi connectivity index (χ0v) is 17.9. The van der Waals surface area contributed by atoms with Gasteiger partial charge >= 0.3 is 11.9 Å². The Kier molecular flexibility index (Phi) is 8.28. The predicted molar refractivity (Wildman–Crippen MR) is 112 cm³/mol. The van der Waals surface area contributed by atoms with Gasteiger partial charge in [-0.15, -0.1) is 0 Å². The average Bonchev–Trinajstić information content (AvgIpc) is 2.73. The zero-order chi connectivity index (χ0) is 22.3. The molecule has 162 valence electrons. The quantitative estimate of drug-likeness (QED) is 0.500. The molecular weight excluding hydrogens is 410 g/mol. The number of carbonyl (C=O) groups excluding carboxylic acids is 4. The highest BCUT2D eigenvalue weighted by Gasteiger charge is 2.34. The van der Waals surface area contributed by atoms with Crippen LogP contribution in [0.15, 0.2) is 24.3 Å². The van der Waals surface area contributed by atoms with Crippen LogP contribution in [-0.4, -0.2) is 66.6 Å². The third-order valence-electron chi connectivity index (χ3n) is 4.32. The van der Waals surface area contributed by atoms with Gasteiger partial charge in [0.25, 0.3) is 5.91 Å². The number of hydrogen-bond donors (Lipinski definition) is 2. The fraction of sp³-hybridized carbons (Fsp3) is 0.450. The van der Waals surface area contributed by atoms with Crippen molar-refractivity contribution in [3.63, 3.8) is 0 Å². The second-order valence-corrected chi connectivity index (χ2v) is 7.50. The lowest BCUT2D eigenvalue weighted by atomic mass is 10.1. The number of nitrogens with zero attached hydrogens (tertiary/aromatic N) is 1. The SMILES string of the molecule is COC(=O)c1ccc(C(=O)NC(=S)N2CCNC(=O)C2CC(=O)OCC(C)C)cc1. The molecule has 0 aliphatic carbocycles. The summed E-state index contributed by atoms with van der Waals surface area (Å²) in [7, 11) is 1.27. The first-order chi connectivity index (χ1) is 14.2. The lowest BCUT2D eigenvalue weighted by Crippen LogP contribution is -2.60. The number of ether oxygens (including phenoxy) is 2. The minimum Gasteiger partial charge on any atom is -0.465 e. The van der Waals surface area contributed by atoms with Gasteiger partial charge < -0.3 is 19.7 Å². The molecule has 0 radical (unpaired) electrons. The van der Waals surface area contributed by atoms with Crippen LogP contribution in [0.5, 0.6) is 0 Å². The molecule has 2 amide bonds. The van der Waals surface area contributed by atoms with Gasteiger partial charge in [0.1, 0.15) is 6.04 Å². The van der Waals surface area contributed by atoms with E-state index >= 15 is 0 Å². The van der Waals surface area contributed by atoms with Crippen molar-refractivity contribution in [2.45, 2.75) is 26.3 Å². The number of hydrogen-bond acceptors (Lipinski definition) is 7. The number of rotatable bonds is 6. The largest absolute Gasteiger partial charge is 0.465 e. The normalized spacial score (nSPS) is 15.9. The molecular formula is C20H25N3O6S. The number of esters is 2. The van der Waals surface area contributed by atoms with E-state index in [9.17, 15) is 19.2 Å². The molecule has 0 saturated carbocycles. The second-order valence-electron chi connectivity index (χ2n) is 7.11. The van der Waals surface area contributed by atoms with Gasteiger partial charge in [0.2, 0.25) is 5.91 Å². The molecule has 1 heterocycles. The van der Waals surface area contributed by atoms with Gasteiger partial charge in [-0.2, -0.15) is 0 Å². The van der Waals surface area contributed by atoms with E-state index in [0.717, 1.165) is 0 Å². The highest BCUT2D eigenvalue weighted by atomic mass is 32.1. The predicted octanol–water partition coefficient (Wildman–Crippen LogP) is 0.878. The van der Waals surface area contributed by atoms with Crippen molar-refractivity contribution >= 4 is 41.1 Å². The van der Waals surface area contributed by atoms with E-state index in [0.29, 0.717) is 18.7 Å². The molecule has 0 bridgehead atoms. The van der Waals surface area contributed by atoms with Gasteiger partial charge in [0.15, 0.2) is 5.11 Å². The summed E-state index contributed by atoms with van der Waals surface area (Å²) in [4.78, 5) is 49.9. The molecule has 1 aromatic rings. The summed E-state index contributed by atoms with van der Waals surface area (Å²) in [5.41, 5.74) is 0.587. The number of amides is 2. The van der Waals surface area contributed by atoms with Crippen molar-refractivity contribution in [1.29, 1.82) is 0 Å². The zero-order valence-electron chi connectivity index (χ0n) is 17.1. The van der Waals surface area contributed by atoms with Crippen LogP contribution in [0.3, 0.4) is 0 Å².